The number of benzene rings is 1. The molecule has 1 nitrogen and oxygen atoms in total. The molecule has 1 unspecified atom stereocenters. The number of hydrogen-bond acceptors (Lipinski definition) is 1. The van der Waals surface area contributed by atoms with E-state index in [1.54, 1.807) is 6.07 Å². The Morgan fingerprint density at radius 3 is 2.53 bits per heavy atom. The molecule has 0 saturated carbocycles. The molecule has 1 rings (SSSR count). The van der Waals surface area contributed by atoms with Crippen LogP contribution in [0.5, 0.6) is 0 Å². The molecule has 0 N–H and O–H groups in total. The van der Waals surface area contributed by atoms with Gasteiger partial charge in [0.15, 0.2) is 0 Å². The van der Waals surface area contributed by atoms with E-state index in [1.165, 1.54) is 12.1 Å². The summed E-state index contributed by atoms with van der Waals surface area (Å²) in [4.78, 5) is 10.9. The number of halogens is 1. The van der Waals surface area contributed by atoms with Crippen molar-refractivity contribution in [2.75, 3.05) is 0 Å². The minimum absolute atomic E-state index is 0.0701. The highest BCUT2D eigenvalue weighted by atomic mass is 19.1. The molecule has 0 saturated heterocycles. The van der Waals surface area contributed by atoms with Gasteiger partial charge in [0, 0.05) is 5.92 Å². The molecule has 0 amide bonds. The van der Waals surface area contributed by atoms with Crippen molar-refractivity contribution in [1.82, 2.24) is 0 Å². The summed E-state index contributed by atoms with van der Waals surface area (Å²) in [6.07, 6.45) is 1.57. The fraction of sp³-hybridized carbons (Fsp3) is 0.462. The third-order valence-corrected chi connectivity index (χ3v) is 2.62. The summed E-state index contributed by atoms with van der Waals surface area (Å²) < 4.78 is 12.9. The fourth-order valence-corrected chi connectivity index (χ4v) is 1.48. The van der Waals surface area contributed by atoms with Gasteiger partial charge in [0.1, 0.15) is 12.1 Å². The van der Waals surface area contributed by atoms with Gasteiger partial charge in [0.25, 0.3) is 0 Å². The first-order chi connectivity index (χ1) is 6.93. The maximum atomic E-state index is 12.9. The van der Waals surface area contributed by atoms with Gasteiger partial charge in [0.2, 0.25) is 0 Å². The molecule has 0 bridgehead atoms. The predicted octanol–water partition coefficient (Wildman–Crippen LogP) is 3.23. The van der Waals surface area contributed by atoms with Gasteiger partial charge >= 0.3 is 0 Å². The van der Waals surface area contributed by atoms with Crippen LogP contribution in [-0.2, 0) is 11.2 Å². The minimum atomic E-state index is -0.244. The highest BCUT2D eigenvalue weighted by Crippen LogP contribution is 2.27. The van der Waals surface area contributed by atoms with Crippen LogP contribution in [0.3, 0.4) is 0 Å². The van der Waals surface area contributed by atoms with E-state index in [9.17, 15) is 9.18 Å². The second-order valence-corrected chi connectivity index (χ2v) is 4.94. The lowest BCUT2D eigenvalue weighted by Crippen LogP contribution is -2.23. The van der Waals surface area contributed by atoms with Gasteiger partial charge < -0.3 is 4.79 Å². The molecule has 0 aliphatic heterocycles. The van der Waals surface area contributed by atoms with E-state index in [1.807, 2.05) is 26.8 Å². The first-order valence-electron chi connectivity index (χ1n) is 5.13. The Balaban J connectivity index is 2.80. The molecule has 0 fully saturated rings. The van der Waals surface area contributed by atoms with Gasteiger partial charge in [-0.1, -0.05) is 32.9 Å². The second-order valence-electron chi connectivity index (χ2n) is 4.94. The zero-order chi connectivity index (χ0) is 11.5. The van der Waals surface area contributed by atoms with Crippen LogP contribution in [0.1, 0.15) is 26.3 Å². The molecule has 1 aromatic carbocycles. The van der Waals surface area contributed by atoms with Crippen LogP contribution >= 0.6 is 0 Å². The number of carbonyl (C=O) groups excluding carboxylic acids is 1. The number of hydrogen-bond donors (Lipinski definition) is 0. The van der Waals surface area contributed by atoms with E-state index in [0.29, 0.717) is 6.42 Å². The Morgan fingerprint density at radius 2 is 2.07 bits per heavy atom. The molecule has 1 aromatic rings. The van der Waals surface area contributed by atoms with Gasteiger partial charge in [-0.05, 0) is 29.5 Å². The molecule has 82 valence electrons. The summed E-state index contributed by atoms with van der Waals surface area (Å²) >= 11 is 0. The molecular formula is C13H17FO. The molecule has 0 spiro atoms. The third kappa shape index (κ3) is 3.46. The summed E-state index contributed by atoms with van der Waals surface area (Å²) in [7, 11) is 0. The lowest BCUT2D eigenvalue weighted by atomic mass is 9.78. The number of aldehydes is 1. The summed E-state index contributed by atoms with van der Waals surface area (Å²) in [5, 5.41) is 0. The predicted molar refractivity (Wildman–Crippen MR) is 59.1 cm³/mol. The van der Waals surface area contributed by atoms with E-state index < -0.39 is 0 Å². The molecule has 0 heterocycles. The summed E-state index contributed by atoms with van der Waals surface area (Å²) in [5.41, 5.74) is 0.802. The van der Waals surface area contributed by atoms with Crippen LogP contribution in [0.4, 0.5) is 4.39 Å². The maximum absolute atomic E-state index is 12.9. The third-order valence-electron chi connectivity index (χ3n) is 2.62. The largest absolute Gasteiger partial charge is 0.303 e. The summed E-state index contributed by atoms with van der Waals surface area (Å²) in [6, 6.07) is 6.43. The molecule has 1 atom stereocenters. The van der Waals surface area contributed by atoms with E-state index in [0.717, 1.165) is 11.8 Å². The Hall–Kier alpha value is -1.18. The lowest BCUT2D eigenvalue weighted by molar-refractivity contribution is -0.113. The van der Waals surface area contributed by atoms with E-state index in [4.69, 9.17) is 0 Å². The molecule has 0 aliphatic carbocycles. The normalized spacial score (nSPS) is 13.6. The van der Waals surface area contributed by atoms with Crippen molar-refractivity contribution in [1.29, 1.82) is 0 Å². The van der Waals surface area contributed by atoms with Crippen molar-refractivity contribution in [2.24, 2.45) is 11.3 Å². The van der Waals surface area contributed by atoms with Crippen molar-refractivity contribution in [3.8, 4) is 0 Å². The van der Waals surface area contributed by atoms with Crippen molar-refractivity contribution in [3.05, 3.63) is 35.6 Å². The van der Waals surface area contributed by atoms with Crippen LogP contribution in [0.25, 0.3) is 0 Å². The number of rotatable bonds is 3. The molecule has 2 heteroatoms. The Kier molecular flexibility index (Phi) is 3.61. The first-order valence-corrected chi connectivity index (χ1v) is 5.13. The van der Waals surface area contributed by atoms with Gasteiger partial charge in [-0.3, -0.25) is 0 Å². The molecule has 15 heavy (non-hydrogen) atoms. The first kappa shape index (κ1) is 11.9. The smallest absolute Gasteiger partial charge is 0.123 e. The van der Waals surface area contributed by atoms with Crippen LogP contribution < -0.4 is 0 Å². The Morgan fingerprint density at radius 1 is 1.40 bits per heavy atom. The maximum Gasteiger partial charge on any atom is 0.123 e. The lowest BCUT2D eigenvalue weighted by Gasteiger charge is -2.25. The monoisotopic (exact) mass is 208 g/mol. The number of carbonyl (C=O) groups is 1. The summed E-state index contributed by atoms with van der Waals surface area (Å²) in [6.45, 7) is 6.06. The van der Waals surface area contributed by atoms with Gasteiger partial charge in [-0.2, -0.15) is 0 Å². The highest BCUT2D eigenvalue weighted by molar-refractivity contribution is 5.55. The van der Waals surface area contributed by atoms with Crippen molar-refractivity contribution in [3.63, 3.8) is 0 Å². The average Bonchev–Trinajstić information content (AvgIpc) is 2.12. The topological polar surface area (TPSA) is 17.1 Å². The second kappa shape index (κ2) is 4.56. The molecule has 0 radical (unpaired) electrons. The fourth-order valence-electron chi connectivity index (χ4n) is 1.48. The van der Waals surface area contributed by atoms with Gasteiger partial charge in [-0.15, -0.1) is 0 Å². The zero-order valence-electron chi connectivity index (χ0n) is 9.46. The molecular weight excluding hydrogens is 191 g/mol. The van der Waals surface area contributed by atoms with Gasteiger partial charge in [0.05, 0.1) is 0 Å². The average molecular weight is 208 g/mol. The van der Waals surface area contributed by atoms with Gasteiger partial charge in [-0.25, -0.2) is 4.39 Å². The van der Waals surface area contributed by atoms with Crippen LogP contribution in [-0.4, -0.2) is 6.29 Å². The van der Waals surface area contributed by atoms with Crippen LogP contribution in [0.15, 0.2) is 24.3 Å². The van der Waals surface area contributed by atoms with Crippen LogP contribution in [0.2, 0.25) is 0 Å². The minimum Gasteiger partial charge on any atom is -0.303 e. The van der Waals surface area contributed by atoms with Crippen molar-refractivity contribution in [2.45, 2.75) is 27.2 Å². The molecule has 0 aromatic heterocycles. The van der Waals surface area contributed by atoms with Crippen molar-refractivity contribution < 1.29 is 9.18 Å². The molecule has 0 aliphatic rings. The van der Waals surface area contributed by atoms with E-state index >= 15 is 0 Å². The van der Waals surface area contributed by atoms with Crippen molar-refractivity contribution >= 4 is 6.29 Å². The summed E-state index contributed by atoms with van der Waals surface area (Å²) in [5.74, 6) is -0.314. The quantitative estimate of drug-likeness (QED) is 0.697. The zero-order valence-corrected chi connectivity index (χ0v) is 9.46. The SMILES string of the molecule is CC(C)(C)C(C=O)Cc1cccc(F)c1. The van der Waals surface area contributed by atoms with E-state index in [2.05, 4.69) is 0 Å². The highest BCUT2D eigenvalue weighted by Gasteiger charge is 2.24. The standard InChI is InChI=1S/C13H17FO/c1-13(2,3)11(9-15)7-10-5-4-6-12(14)8-10/h4-6,8-9,11H,7H2,1-3H3. The van der Waals surface area contributed by atoms with Crippen LogP contribution in [0, 0.1) is 17.2 Å². The Labute approximate surface area is 90.3 Å². The Bertz CT molecular complexity index is 339. The van der Waals surface area contributed by atoms with E-state index in [-0.39, 0.29) is 17.2 Å².